The lowest BCUT2D eigenvalue weighted by atomic mass is 10.2. The Kier molecular flexibility index (Phi) is 7.78. The number of hydrogen-bond acceptors (Lipinski definition) is 4. The molecule has 34 heavy (non-hydrogen) atoms. The Morgan fingerprint density at radius 3 is 2.47 bits per heavy atom. The summed E-state index contributed by atoms with van der Waals surface area (Å²) in [5.41, 5.74) is 1.98. The lowest BCUT2D eigenvalue weighted by molar-refractivity contribution is 0.0938. The summed E-state index contributed by atoms with van der Waals surface area (Å²) in [6, 6.07) is 17.5. The third kappa shape index (κ3) is 5.73. The molecule has 0 fully saturated rings. The van der Waals surface area contributed by atoms with Crippen molar-refractivity contribution < 1.29 is 9.18 Å². The molecule has 0 aliphatic heterocycles. The third-order valence-corrected chi connectivity index (χ3v) is 6.68. The van der Waals surface area contributed by atoms with Gasteiger partial charge in [0.1, 0.15) is 5.82 Å². The molecule has 0 aliphatic rings. The van der Waals surface area contributed by atoms with E-state index in [4.69, 9.17) is 34.8 Å². The fourth-order valence-electron chi connectivity index (χ4n) is 3.25. The second-order valence-electron chi connectivity index (χ2n) is 7.39. The van der Waals surface area contributed by atoms with Gasteiger partial charge in [-0.3, -0.25) is 9.36 Å². The van der Waals surface area contributed by atoms with Crippen LogP contribution >= 0.6 is 46.6 Å². The van der Waals surface area contributed by atoms with Gasteiger partial charge in [-0.1, -0.05) is 64.8 Å². The predicted octanol–water partition coefficient (Wildman–Crippen LogP) is 7.15. The maximum absolute atomic E-state index is 13.3. The molecule has 1 heterocycles. The summed E-state index contributed by atoms with van der Waals surface area (Å²) in [7, 11) is 0. The monoisotopic (exact) mass is 534 g/mol. The standard InChI is InChI=1S/C24H18Cl3FN4OS/c1-14(29-23(33)16-3-2-4-17(25)11-16)22-30-31-24(34-13-15-5-8-19(28)9-6-15)32(22)21-10-7-18(26)12-20(21)27/h2-12,14H,13H2,1H3,(H,29,33). The van der Waals surface area contributed by atoms with Crippen LogP contribution in [0, 0.1) is 5.82 Å². The molecule has 174 valence electrons. The van der Waals surface area contributed by atoms with Crippen molar-refractivity contribution in [2.45, 2.75) is 23.9 Å². The van der Waals surface area contributed by atoms with Crippen molar-refractivity contribution >= 4 is 52.5 Å². The summed E-state index contributed by atoms with van der Waals surface area (Å²) in [4.78, 5) is 12.8. The minimum atomic E-state index is -0.508. The molecule has 0 saturated heterocycles. The van der Waals surface area contributed by atoms with Crippen molar-refractivity contribution in [3.63, 3.8) is 0 Å². The Labute approximate surface area is 215 Å². The number of thioether (sulfide) groups is 1. The fourth-order valence-corrected chi connectivity index (χ4v) is 4.84. The molecule has 10 heteroatoms. The molecule has 5 nitrogen and oxygen atoms in total. The van der Waals surface area contributed by atoms with Gasteiger partial charge in [-0.2, -0.15) is 0 Å². The van der Waals surface area contributed by atoms with E-state index < -0.39 is 6.04 Å². The Morgan fingerprint density at radius 1 is 1.03 bits per heavy atom. The quantitative estimate of drug-likeness (QED) is 0.255. The van der Waals surface area contributed by atoms with Crippen molar-refractivity contribution in [2.24, 2.45) is 0 Å². The minimum absolute atomic E-state index is 0.295. The molecule has 1 aromatic heterocycles. The zero-order valence-electron chi connectivity index (χ0n) is 17.8. The number of halogens is 4. The lowest BCUT2D eigenvalue weighted by Crippen LogP contribution is -2.28. The fraction of sp³-hybridized carbons (Fsp3) is 0.125. The van der Waals surface area contributed by atoms with Gasteiger partial charge >= 0.3 is 0 Å². The first-order chi connectivity index (χ1) is 16.3. The van der Waals surface area contributed by atoms with Crippen LogP contribution in [0.2, 0.25) is 15.1 Å². The highest BCUT2D eigenvalue weighted by molar-refractivity contribution is 7.98. The highest BCUT2D eigenvalue weighted by Gasteiger charge is 2.23. The first-order valence-electron chi connectivity index (χ1n) is 10.2. The van der Waals surface area contributed by atoms with Gasteiger partial charge in [0.05, 0.1) is 16.8 Å². The number of carbonyl (C=O) groups excluding carboxylic acids is 1. The van der Waals surface area contributed by atoms with Gasteiger partial charge in [-0.25, -0.2) is 4.39 Å². The Morgan fingerprint density at radius 2 is 1.76 bits per heavy atom. The summed E-state index contributed by atoms with van der Waals surface area (Å²) in [6.07, 6.45) is 0. The summed E-state index contributed by atoms with van der Waals surface area (Å²) in [5.74, 6) is 0.428. The number of nitrogens with zero attached hydrogens (tertiary/aromatic N) is 3. The van der Waals surface area contributed by atoms with Gasteiger partial charge in [-0.05, 0) is 61.0 Å². The SMILES string of the molecule is CC(NC(=O)c1cccc(Cl)c1)c1nnc(SCc2ccc(F)cc2)n1-c1ccc(Cl)cc1Cl. The van der Waals surface area contributed by atoms with E-state index in [-0.39, 0.29) is 11.7 Å². The number of nitrogens with one attached hydrogen (secondary N) is 1. The number of aromatic nitrogens is 3. The van der Waals surface area contributed by atoms with Crippen molar-refractivity contribution in [1.29, 1.82) is 0 Å². The van der Waals surface area contributed by atoms with Crippen molar-refractivity contribution in [2.75, 3.05) is 0 Å². The molecule has 4 rings (SSSR count). The maximum atomic E-state index is 13.3. The van der Waals surface area contributed by atoms with Crippen LogP contribution in [0.1, 0.15) is 34.7 Å². The van der Waals surface area contributed by atoms with Crippen molar-refractivity contribution in [1.82, 2.24) is 20.1 Å². The molecular formula is C24H18Cl3FN4OS. The van der Waals surface area contributed by atoms with E-state index in [1.54, 1.807) is 66.1 Å². The summed E-state index contributed by atoms with van der Waals surface area (Å²) in [5, 5.41) is 13.6. The predicted molar refractivity (Wildman–Crippen MR) is 135 cm³/mol. The Hall–Kier alpha value is -2.58. The number of rotatable bonds is 7. The van der Waals surface area contributed by atoms with Crippen LogP contribution in [0.25, 0.3) is 5.69 Å². The number of amides is 1. The summed E-state index contributed by atoms with van der Waals surface area (Å²) >= 11 is 20.0. The van der Waals surface area contributed by atoms with Gasteiger partial charge in [0.25, 0.3) is 5.91 Å². The van der Waals surface area contributed by atoms with Crippen LogP contribution < -0.4 is 5.32 Å². The Balaban J connectivity index is 1.65. The maximum Gasteiger partial charge on any atom is 0.251 e. The molecule has 4 aromatic rings. The molecule has 0 saturated carbocycles. The second-order valence-corrected chi connectivity index (χ2v) is 9.62. The van der Waals surface area contributed by atoms with Crippen LogP contribution in [0.4, 0.5) is 4.39 Å². The molecule has 0 bridgehead atoms. The van der Waals surface area contributed by atoms with Gasteiger partial charge in [0.2, 0.25) is 0 Å². The first-order valence-corrected chi connectivity index (χ1v) is 12.3. The first kappa shape index (κ1) is 24.5. The lowest BCUT2D eigenvalue weighted by Gasteiger charge is -2.17. The molecule has 0 spiro atoms. The van der Waals surface area contributed by atoms with Gasteiger partial charge in [0, 0.05) is 21.4 Å². The van der Waals surface area contributed by atoms with Crippen LogP contribution in [-0.2, 0) is 5.75 Å². The highest BCUT2D eigenvalue weighted by atomic mass is 35.5. The second kappa shape index (κ2) is 10.8. The van der Waals surface area contributed by atoms with Crippen LogP contribution in [0.15, 0.2) is 71.9 Å². The normalized spacial score (nSPS) is 11.9. The molecule has 1 amide bonds. The van der Waals surface area contributed by atoms with E-state index in [0.29, 0.717) is 43.1 Å². The summed E-state index contributed by atoms with van der Waals surface area (Å²) < 4.78 is 15.0. The van der Waals surface area contributed by atoms with Crippen molar-refractivity contribution in [3.05, 3.63) is 105 Å². The zero-order chi connectivity index (χ0) is 24.2. The Bertz CT molecular complexity index is 1330. The van der Waals surface area contributed by atoms with E-state index in [1.165, 1.54) is 23.9 Å². The van der Waals surface area contributed by atoms with E-state index in [0.717, 1.165) is 5.56 Å². The molecule has 1 unspecified atom stereocenters. The summed E-state index contributed by atoms with van der Waals surface area (Å²) in [6.45, 7) is 1.81. The third-order valence-electron chi connectivity index (χ3n) is 4.91. The number of carbonyl (C=O) groups is 1. The van der Waals surface area contributed by atoms with Gasteiger partial charge in [-0.15, -0.1) is 10.2 Å². The molecular weight excluding hydrogens is 518 g/mol. The highest BCUT2D eigenvalue weighted by Crippen LogP contribution is 2.32. The van der Waals surface area contributed by atoms with E-state index in [1.807, 2.05) is 0 Å². The molecule has 1 atom stereocenters. The number of benzene rings is 3. The topological polar surface area (TPSA) is 59.8 Å². The van der Waals surface area contributed by atoms with Crippen molar-refractivity contribution in [3.8, 4) is 5.69 Å². The number of hydrogen-bond donors (Lipinski definition) is 1. The smallest absolute Gasteiger partial charge is 0.251 e. The average Bonchev–Trinajstić information content (AvgIpc) is 3.22. The van der Waals surface area contributed by atoms with Gasteiger partial charge < -0.3 is 5.32 Å². The van der Waals surface area contributed by atoms with E-state index >= 15 is 0 Å². The van der Waals surface area contributed by atoms with Crippen LogP contribution in [0.5, 0.6) is 0 Å². The largest absolute Gasteiger partial charge is 0.342 e. The molecule has 1 N–H and O–H groups in total. The van der Waals surface area contributed by atoms with E-state index in [9.17, 15) is 9.18 Å². The minimum Gasteiger partial charge on any atom is -0.342 e. The average molecular weight is 536 g/mol. The molecule has 0 radical (unpaired) electrons. The van der Waals surface area contributed by atoms with Gasteiger partial charge in [0.15, 0.2) is 11.0 Å². The zero-order valence-corrected chi connectivity index (χ0v) is 20.9. The molecule has 0 aliphatic carbocycles. The van der Waals surface area contributed by atoms with E-state index in [2.05, 4.69) is 15.5 Å². The molecule has 3 aromatic carbocycles. The van der Waals surface area contributed by atoms with Crippen LogP contribution in [-0.4, -0.2) is 20.7 Å². The van der Waals surface area contributed by atoms with Crippen LogP contribution in [0.3, 0.4) is 0 Å².